The van der Waals surface area contributed by atoms with E-state index in [2.05, 4.69) is 30.6 Å². The number of hydrogen-bond acceptors (Lipinski definition) is 6. The topological polar surface area (TPSA) is 95.6 Å². The normalized spacial score (nSPS) is 11.1. The van der Waals surface area contributed by atoms with Crippen LogP contribution in [0.15, 0.2) is 41.9 Å². The van der Waals surface area contributed by atoms with E-state index in [1.807, 2.05) is 0 Å². The monoisotopic (exact) mass is 428 g/mol. The van der Waals surface area contributed by atoms with E-state index < -0.39 is 5.82 Å². The van der Waals surface area contributed by atoms with Gasteiger partial charge in [0.15, 0.2) is 0 Å². The van der Waals surface area contributed by atoms with Crippen molar-refractivity contribution in [3.8, 4) is 0 Å². The molecule has 0 radical (unpaired) electrons. The van der Waals surface area contributed by atoms with Crippen molar-refractivity contribution in [2.75, 3.05) is 6.54 Å². The summed E-state index contributed by atoms with van der Waals surface area (Å²) in [6.45, 7) is 1.14. The molecular weight excluding hydrogens is 410 g/mol. The van der Waals surface area contributed by atoms with E-state index in [-0.39, 0.29) is 24.0 Å². The van der Waals surface area contributed by atoms with E-state index >= 15 is 0 Å². The highest BCUT2D eigenvalue weighted by Gasteiger charge is 2.12. The fraction of sp³-hybridized carbons (Fsp3) is 0.200. The van der Waals surface area contributed by atoms with Crippen LogP contribution in [0.25, 0.3) is 11.0 Å². The van der Waals surface area contributed by atoms with Gasteiger partial charge < -0.3 is 15.6 Å². The Balaban J connectivity index is 1.24. The Morgan fingerprint density at radius 3 is 2.93 bits per heavy atom. The lowest BCUT2D eigenvalue weighted by Crippen LogP contribution is -2.24. The summed E-state index contributed by atoms with van der Waals surface area (Å²) in [6.07, 6.45) is 2.11. The summed E-state index contributed by atoms with van der Waals surface area (Å²) >= 11 is 1.39. The van der Waals surface area contributed by atoms with Crippen LogP contribution in [0.4, 0.5) is 8.78 Å². The van der Waals surface area contributed by atoms with Crippen molar-refractivity contribution < 1.29 is 13.6 Å². The molecule has 0 fully saturated rings. The van der Waals surface area contributed by atoms with E-state index in [1.165, 1.54) is 41.8 Å². The maximum atomic E-state index is 13.6. The first-order valence-electron chi connectivity index (χ1n) is 9.25. The van der Waals surface area contributed by atoms with Crippen molar-refractivity contribution >= 4 is 28.3 Å². The van der Waals surface area contributed by atoms with Crippen LogP contribution in [-0.4, -0.2) is 32.4 Å². The summed E-state index contributed by atoms with van der Waals surface area (Å²) in [6, 6.07) is 7.22. The summed E-state index contributed by atoms with van der Waals surface area (Å²) in [5.41, 5.74) is 1.85. The fourth-order valence-corrected chi connectivity index (χ4v) is 3.63. The number of nitrogens with zero attached hydrogens (tertiary/aromatic N) is 3. The number of halogens is 2. The number of aromatic amines is 1. The number of carbonyl (C=O) groups is 1. The van der Waals surface area contributed by atoms with Crippen LogP contribution in [0.2, 0.25) is 0 Å². The quantitative estimate of drug-likeness (QED) is 0.375. The SMILES string of the molecule is O=C(NCc1ncccc1F)c1csc(CCNCc2nc3ccc(F)cc3[nH]2)n1. The van der Waals surface area contributed by atoms with Crippen LogP contribution >= 0.6 is 11.3 Å². The predicted octanol–water partition coefficient (Wildman–Crippen LogP) is 2.95. The maximum absolute atomic E-state index is 13.6. The highest BCUT2D eigenvalue weighted by molar-refractivity contribution is 7.09. The van der Waals surface area contributed by atoms with Crippen LogP contribution in [0, 0.1) is 11.6 Å². The molecule has 7 nitrogen and oxygen atoms in total. The van der Waals surface area contributed by atoms with Gasteiger partial charge in [-0.3, -0.25) is 9.78 Å². The van der Waals surface area contributed by atoms with Crippen LogP contribution in [0.5, 0.6) is 0 Å². The van der Waals surface area contributed by atoms with Crippen molar-refractivity contribution in [1.29, 1.82) is 0 Å². The smallest absolute Gasteiger partial charge is 0.271 e. The molecule has 3 aromatic heterocycles. The minimum absolute atomic E-state index is 0.00131. The summed E-state index contributed by atoms with van der Waals surface area (Å²) in [5.74, 6) is -0.418. The number of imidazole rings is 1. The molecular formula is C20H18F2N6OS. The van der Waals surface area contributed by atoms with Crippen LogP contribution in [0.3, 0.4) is 0 Å². The molecule has 0 unspecified atom stereocenters. The van der Waals surface area contributed by atoms with Gasteiger partial charge in [-0.1, -0.05) is 0 Å². The van der Waals surface area contributed by atoms with Gasteiger partial charge in [0.1, 0.15) is 23.2 Å². The molecule has 0 aliphatic heterocycles. The van der Waals surface area contributed by atoms with Gasteiger partial charge in [-0.15, -0.1) is 11.3 Å². The Kier molecular flexibility index (Phi) is 6.05. The molecule has 1 aromatic carbocycles. The standard InChI is InChI=1S/C20H18F2N6OS/c21-12-3-4-14-15(8-12)27-18(26-14)10-23-7-5-19-28-17(11-30-19)20(29)25-9-16-13(22)2-1-6-24-16/h1-4,6,8,11,23H,5,7,9-10H2,(H,25,29)(H,26,27). The fourth-order valence-electron chi connectivity index (χ4n) is 2.85. The van der Waals surface area contributed by atoms with Gasteiger partial charge in [0.2, 0.25) is 0 Å². The van der Waals surface area contributed by atoms with Gasteiger partial charge >= 0.3 is 0 Å². The van der Waals surface area contributed by atoms with E-state index in [4.69, 9.17) is 0 Å². The number of aromatic nitrogens is 4. The molecule has 30 heavy (non-hydrogen) atoms. The van der Waals surface area contributed by atoms with Gasteiger partial charge in [0.25, 0.3) is 5.91 Å². The number of nitrogens with one attached hydrogen (secondary N) is 3. The van der Waals surface area contributed by atoms with Gasteiger partial charge in [0.05, 0.1) is 34.8 Å². The molecule has 0 saturated heterocycles. The highest BCUT2D eigenvalue weighted by atomic mass is 32.1. The lowest BCUT2D eigenvalue weighted by molar-refractivity contribution is 0.0945. The first-order valence-corrected chi connectivity index (χ1v) is 10.1. The van der Waals surface area contributed by atoms with Crippen molar-refractivity contribution in [3.05, 3.63) is 75.8 Å². The Hall–Kier alpha value is -3.24. The molecule has 1 amide bonds. The largest absolute Gasteiger partial charge is 0.345 e. The lowest BCUT2D eigenvalue weighted by atomic mass is 10.3. The summed E-state index contributed by atoms with van der Waals surface area (Å²) in [4.78, 5) is 27.9. The van der Waals surface area contributed by atoms with Crippen LogP contribution in [-0.2, 0) is 19.5 Å². The second-order valence-corrected chi connectivity index (χ2v) is 7.46. The van der Waals surface area contributed by atoms with E-state index in [1.54, 1.807) is 11.4 Å². The molecule has 4 rings (SSSR count). The third-order valence-electron chi connectivity index (χ3n) is 4.34. The molecule has 3 heterocycles. The summed E-state index contributed by atoms with van der Waals surface area (Å²) in [5, 5.41) is 8.35. The number of thiazole rings is 1. The van der Waals surface area contributed by atoms with E-state index in [0.717, 1.165) is 16.3 Å². The number of hydrogen-bond donors (Lipinski definition) is 3. The molecule has 10 heteroatoms. The number of amides is 1. The molecule has 0 atom stereocenters. The second kappa shape index (κ2) is 9.06. The molecule has 0 spiro atoms. The Morgan fingerprint density at radius 1 is 1.17 bits per heavy atom. The molecule has 0 aliphatic rings. The third kappa shape index (κ3) is 4.84. The first-order chi connectivity index (χ1) is 14.6. The van der Waals surface area contributed by atoms with Crippen molar-refractivity contribution in [1.82, 2.24) is 30.6 Å². The van der Waals surface area contributed by atoms with Gasteiger partial charge in [-0.05, 0) is 30.3 Å². The second-order valence-electron chi connectivity index (χ2n) is 6.51. The molecule has 3 N–H and O–H groups in total. The van der Waals surface area contributed by atoms with Crippen molar-refractivity contribution in [3.63, 3.8) is 0 Å². The summed E-state index contributed by atoms with van der Waals surface area (Å²) in [7, 11) is 0. The number of fused-ring (bicyclic) bond motifs is 1. The minimum Gasteiger partial charge on any atom is -0.345 e. The Labute approximate surface area is 174 Å². The average Bonchev–Trinajstić information content (AvgIpc) is 3.37. The number of rotatable bonds is 8. The number of H-pyrrole nitrogens is 1. The molecule has 4 aromatic rings. The van der Waals surface area contributed by atoms with Gasteiger partial charge in [-0.2, -0.15) is 0 Å². The maximum Gasteiger partial charge on any atom is 0.271 e. The van der Waals surface area contributed by atoms with Crippen LogP contribution < -0.4 is 10.6 Å². The lowest BCUT2D eigenvalue weighted by Gasteiger charge is -2.03. The zero-order chi connectivity index (χ0) is 20.9. The third-order valence-corrected chi connectivity index (χ3v) is 5.25. The van der Waals surface area contributed by atoms with E-state index in [0.29, 0.717) is 30.7 Å². The molecule has 0 bridgehead atoms. The minimum atomic E-state index is -0.461. The van der Waals surface area contributed by atoms with Gasteiger partial charge in [-0.25, -0.2) is 18.7 Å². The molecule has 0 aliphatic carbocycles. The zero-order valence-corrected chi connectivity index (χ0v) is 16.6. The van der Waals surface area contributed by atoms with Crippen molar-refractivity contribution in [2.24, 2.45) is 0 Å². The first kappa shape index (κ1) is 20.0. The van der Waals surface area contributed by atoms with Gasteiger partial charge in [0, 0.05) is 24.5 Å². The van der Waals surface area contributed by atoms with E-state index in [9.17, 15) is 13.6 Å². The number of benzene rings is 1. The predicted molar refractivity (Wildman–Crippen MR) is 109 cm³/mol. The van der Waals surface area contributed by atoms with Crippen LogP contribution in [0.1, 0.15) is 27.0 Å². The number of pyridine rings is 1. The highest BCUT2D eigenvalue weighted by Crippen LogP contribution is 2.13. The number of carbonyl (C=O) groups excluding carboxylic acids is 1. The Bertz CT molecular complexity index is 1180. The molecule has 0 saturated carbocycles. The van der Waals surface area contributed by atoms with Crippen molar-refractivity contribution in [2.45, 2.75) is 19.5 Å². The zero-order valence-electron chi connectivity index (χ0n) is 15.8. The summed E-state index contributed by atoms with van der Waals surface area (Å²) < 4.78 is 26.8. The average molecular weight is 428 g/mol. The Morgan fingerprint density at radius 2 is 2.07 bits per heavy atom. The molecule has 154 valence electrons.